The Kier molecular flexibility index (Phi) is 6.61. The number of ether oxygens (including phenoxy) is 1. The molecule has 26 heavy (non-hydrogen) atoms. The minimum atomic E-state index is -0.453. The number of nitrogens with one attached hydrogen (secondary N) is 1. The number of hydrogen-bond donors (Lipinski definition) is 1. The average Bonchev–Trinajstić information content (AvgIpc) is 2.61. The van der Waals surface area contributed by atoms with Crippen LogP contribution in [0.3, 0.4) is 0 Å². The summed E-state index contributed by atoms with van der Waals surface area (Å²) in [5.74, 6) is 0.323. The van der Waals surface area contributed by atoms with Crippen LogP contribution in [-0.4, -0.2) is 23.1 Å². The fourth-order valence-corrected chi connectivity index (χ4v) is 2.10. The third-order valence-electron chi connectivity index (χ3n) is 3.22. The second-order valence-electron chi connectivity index (χ2n) is 5.59. The summed E-state index contributed by atoms with van der Waals surface area (Å²) in [5.41, 5.74) is 3.29. The summed E-state index contributed by atoms with van der Waals surface area (Å²) in [6.07, 6.45) is 4.48. The number of nitro groups is 1. The molecular formula is C19H19N3O4. The van der Waals surface area contributed by atoms with Gasteiger partial charge in [-0.1, -0.05) is 12.1 Å². The van der Waals surface area contributed by atoms with Gasteiger partial charge in [0.1, 0.15) is 5.75 Å². The van der Waals surface area contributed by atoms with Gasteiger partial charge in [0.25, 0.3) is 11.6 Å². The molecule has 0 saturated carbocycles. The fourth-order valence-electron chi connectivity index (χ4n) is 2.10. The van der Waals surface area contributed by atoms with Gasteiger partial charge in [-0.15, -0.1) is 0 Å². The highest BCUT2D eigenvalue weighted by molar-refractivity contribution is 5.94. The largest absolute Gasteiger partial charge is 0.491 e. The maximum Gasteiger partial charge on any atom is 0.276 e. The Bertz CT molecular complexity index is 827. The molecule has 0 saturated heterocycles. The van der Waals surface area contributed by atoms with Crippen LogP contribution in [0.5, 0.6) is 5.75 Å². The van der Waals surface area contributed by atoms with Crippen LogP contribution in [0.15, 0.2) is 59.7 Å². The summed E-state index contributed by atoms with van der Waals surface area (Å²) in [6.45, 7) is 3.85. The molecule has 134 valence electrons. The Hall–Kier alpha value is -3.48. The van der Waals surface area contributed by atoms with Crippen LogP contribution in [0, 0.1) is 10.1 Å². The Morgan fingerprint density at radius 2 is 1.88 bits per heavy atom. The van der Waals surface area contributed by atoms with Crippen LogP contribution in [0.25, 0.3) is 6.08 Å². The van der Waals surface area contributed by atoms with Crippen molar-refractivity contribution in [3.63, 3.8) is 0 Å². The molecule has 1 N–H and O–H groups in total. The lowest BCUT2D eigenvalue weighted by Gasteiger charge is -2.09. The van der Waals surface area contributed by atoms with Crippen molar-refractivity contribution in [2.24, 2.45) is 5.10 Å². The number of para-hydroxylation sites is 1. The van der Waals surface area contributed by atoms with E-state index in [9.17, 15) is 14.9 Å². The quantitative estimate of drug-likeness (QED) is 0.465. The summed E-state index contributed by atoms with van der Waals surface area (Å²) in [7, 11) is 0. The monoisotopic (exact) mass is 353 g/mol. The van der Waals surface area contributed by atoms with E-state index in [2.05, 4.69) is 10.5 Å². The van der Waals surface area contributed by atoms with E-state index >= 15 is 0 Å². The first-order chi connectivity index (χ1) is 12.5. The predicted octanol–water partition coefficient (Wildman–Crippen LogP) is 3.81. The van der Waals surface area contributed by atoms with Crippen molar-refractivity contribution in [3.8, 4) is 5.75 Å². The summed E-state index contributed by atoms with van der Waals surface area (Å²) < 4.78 is 5.51. The molecule has 0 aliphatic heterocycles. The molecule has 2 aromatic rings. The molecule has 0 aromatic heterocycles. The molecular weight excluding hydrogens is 334 g/mol. The topological polar surface area (TPSA) is 93.8 Å². The van der Waals surface area contributed by atoms with Crippen LogP contribution in [0.2, 0.25) is 0 Å². The van der Waals surface area contributed by atoms with Crippen molar-refractivity contribution in [1.29, 1.82) is 0 Å². The van der Waals surface area contributed by atoms with Crippen LogP contribution >= 0.6 is 0 Å². The van der Waals surface area contributed by atoms with Crippen molar-refractivity contribution in [3.05, 3.63) is 75.8 Å². The summed E-state index contributed by atoms with van der Waals surface area (Å²) in [6, 6.07) is 13.1. The SMILES string of the molecule is CC(C)Oc1ccc(C(=O)N/N=C\C=C\c2ccccc2[N+](=O)[O-])cc1. The normalized spacial score (nSPS) is 11.2. The van der Waals surface area contributed by atoms with E-state index in [4.69, 9.17) is 4.74 Å². The van der Waals surface area contributed by atoms with Gasteiger partial charge in [-0.05, 0) is 56.3 Å². The zero-order chi connectivity index (χ0) is 18.9. The number of carbonyl (C=O) groups excluding carboxylic acids is 1. The molecule has 0 fully saturated rings. The number of allylic oxidation sites excluding steroid dienone is 1. The Balaban J connectivity index is 1.92. The molecule has 2 rings (SSSR count). The Morgan fingerprint density at radius 3 is 2.54 bits per heavy atom. The maximum atomic E-state index is 12.0. The molecule has 2 aromatic carbocycles. The molecule has 0 radical (unpaired) electrons. The number of nitro benzene ring substituents is 1. The number of hydrazone groups is 1. The standard InChI is InChI=1S/C19H19N3O4/c1-14(2)26-17-11-9-16(10-12-17)19(23)21-20-13-5-7-15-6-3-4-8-18(15)22(24)25/h3-14H,1-2H3,(H,21,23)/b7-5+,20-13-. The van der Waals surface area contributed by atoms with Crippen LogP contribution < -0.4 is 10.2 Å². The van der Waals surface area contributed by atoms with Gasteiger partial charge in [-0.3, -0.25) is 14.9 Å². The van der Waals surface area contributed by atoms with Crippen LogP contribution in [0.4, 0.5) is 5.69 Å². The minimum Gasteiger partial charge on any atom is -0.491 e. The fraction of sp³-hybridized carbons (Fsp3) is 0.158. The highest BCUT2D eigenvalue weighted by atomic mass is 16.6. The number of benzene rings is 2. The van der Waals surface area contributed by atoms with Crippen molar-refractivity contribution < 1.29 is 14.5 Å². The average molecular weight is 353 g/mol. The maximum absolute atomic E-state index is 12.0. The molecule has 0 bridgehead atoms. The first kappa shape index (κ1) is 18.9. The molecule has 0 spiro atoms. The Labute approximate surface area is 151 Å². The van der Waals surface area contributed by atoms with E-state index in [-0.39, 0.29) is 17.7 Å². The van der Waals surface area contributed by atoms with E-state index < -0.39 is 4.92 Å². The van der Waals surface area contributed by atoms with E-state index in [1.165, 1.54) is 18.4 Å². The van der Waals surface area contributed by atoms with Gasteiger partial charge in [-0.2, -0.15) is 5.10 Å². The van der Waals surface area contributed by atoms with E-state index in [1.54, 1.807) is 48.5 Å². The summed E-state index contributed by atoms with van der Waals surface area (Å²) >= 11 is 0. The van der Waals surface area contributed by atoms with Crippen LogP contribution in [0.1, 0.15) is 29.8 Å². The van der Waals surface area contributed by atoms with Gasteiger partial charge in [0.2, 0.25) is 0 Å². The van der Waals surface area contributed by atoms with Gasteiger partial charge in [0, 0.05) is 17.8 Å². The third kappa shape index (κ3) is 5.55. The Morgan fingerprint density at radius 1 is 1.19 bits per heavy atom. The van der Waals surface area contributed by atoms with Crippen LogP contribution in [-0.2, 0) is 0 Å². The van der Waals surface area contributed by atoms with Gasteiger partial charge < -0.3 is 4.74 Å². The number of amides is 1. The smallest absolute Gasteiger partial charge is 0.276 e. The first-order valence-electron chi connectivity index (χ1n) is 7.97. The first-order valence-corrected chi connectivity index (χ1v) is 7.97. The van der Waals surface area contributed by atoms with Crippen molar-refractivity contribution in [2.45, 2.75) is 20.0 Å². The zero-order valence-corrected chi connectivity index (χ0v) is 14.5. The second kappa shape index (κ2) is 9.12. The number of rotatable bonds is 7. The van der Waals surface area contributed by atoms with E-state index in [0.717, 1.165) is 0 Å². The van der Waals surface area contributed by atoms with Gasteiger partial charge >= 0.3 is 0 Å². The lowest BCUT2D eigenvalue weighted by atomic mass is 10.2. The summed E-state index contributed by atoms with van der Waals surface area (Å²) in [5, 5.41) is 14.7. The second-order valence-corrected chi connectivity index (χ2v) is 5.59. The number of nitrogens with zero attached hydrogens (tertiary/aromatic N) is 2. The molecule has 0 heterocycles. The molecule has 0 aliphatic carbocycles. The van der Waals surface area contributed by atoms with E-state index in [0.29, 0.717) is 16.9 Å². The number of hydrogen-bond acceptors (Lipinski definition) is 5. The zero-order valence-electron chi connectivity index (χ0n) is 14.5. The minimum absolute atomic E-state index is 0.00453. The highest BCUT2D eigenvalue weighted by Crippen LogP contribution is 2.18. The third-order valence-corrected chi connectivity index (χ3v) is 3.22. The molecule has 0 unspecified atom stereocenters. The predicted molar refractivity (Wildman–Crippen MR) is 100 cm³/mol. The lowest BCUT2D eigenvalue weighted by molar-refractivity contribution is -0.385. The van der Waals surface area contributed by atoms with Crippen molar-refractivity contribution in [2.75, 3.05) is 0 Å². The van der Waals surface area contributed by atoms with Gasteiger partial charge in [0.15, 0.2) is 0 Å². The van der Waals surface area contributed by atoms with Gasteiger partial charge in [0.05, 0.1) is 16.6 Å². The molecule has 0 atom stereocenters. The number of carbonyl (C=O) groups is 1. The van der Waals surface area contributed by atoms with Gasteiger partial charge in [-0.25, -0.2) is 5.43 Å². The molecule has 7 heteroatoms. The highest BCUT2D eigenvalue weighted by Gasteiger charge is 2.08. The summed E-state index contributed by atoms with van der Waals surface area (Å²) in [4.78, 5) is 22.4. The molecule has 1 amide bonds. The van der Waals surface area contributed by atoms with E-state index in [1.807, 2.05) is 13.8 Å². The molecule has 7 nitrogen and oxygen atoms in total. The lowest BCUT2D eigenvalue weighted by Crippen LogP contribution is -2.17. The van der Waals surface area contributed by atoms with Crippen molar-refractivity contribution in [1.82, 2.24) is 5.43 Å². The van der Waals surface area contributed by atoms with Crippen molar-refractivity contribution >= 4 is 23.9 Å². The molecule has 0 aliphatic rings.